The van der Waals surface area contributed by atoms with Crippen LogP contribution in [0.5, 0.6) is 0 Å². The van der Waals surface area contributed by atoms with E-state index in [1.807, 2.05) is 30.3 Å². The summed E-state index contributed by atoms with van der Waals surface area (Å²) in [5.41, 5.74) is 1.21. The third-order valence-electron chi connectivity index (χ3n) is 3.29. The summed E-state index contributed by atoms with van der Waals surface area (Å²) in [6.45, 7) is 1.08. The molecule has 2 amide bonds. The number of para-hydroxylation sites is 1. The van der Waals surface area contributed by atoms with Gasteiger partial charge in [-0.25, -0.2) is 0 Å². The first-order valence-electron chi connectivity index (χ1n) is 7.61. The molecule has 0 aliphatic heterocycles. The number of nitrogens with one attached hydrogen (secondary N) is 3. The van der Waals surface area contributed by atoms with Crippen molar-refractivity contribution in [2.45, 2.75) is 6.42 Å². The number of hydrogen-bond acceptors (Lipinski definition) is 4. The third-order valence-corrected chi connectivity index (χ3v) is 3.29. The van der Waals surface area contributed by atoms with Crippen molar-refractivity contribution in [3.05, 3.63) is 59.0 Å². The summed E-state index contributed by atoms with van der Waals surface area (Å²) in [5.74, 6) is -1.46. The van der Waals surface area contributed by atoms with Crippen LogP contribution in [0.2, 0.25) is 0 Å². The fourth-order valence-electron chi connectivity index (χ4n) is 2.02. The summed E-state index contributed by atoms with van der Waals surface area (Å²) in [6.07, 6.45) is 2.14. The maximum Gasteiger partial charge on any atom is 0.313 e. The van der Waals surface area contributed by atoms with Crippen molar-refractivity contribution in [3.63, 3.8) is 0 Å². The molecule has 1 heterocycles. The number of anilines is 2. The van der Waals surface area contributed by atoms with Crippen LogP contribution in [0.1, 0.15) is 6.42 Å². The van der Waals surface area contributed by atoms with Gasteiger partial charge in [-0.2, -0.15) is 0 Å². The van der Waals surface area contributed by atoms with Gasteiger partial charge in [-0.05, 0) is 24.6 Å². The number of aryl methyl sites for hydroxylation is 1. The van der Waals surface area contributed by atoms with E-state index in [1.54, 1.807) is 7.05 Å². The molecule has 7 heteroatoms. The van der Waals surface area contributed by atoms with Crippen LogP contribution in [-0.4, -0.2) is 29.5 Å². The molecule has 2 aromatic rings. The Morgan fingerprint density at radius 1 is 0.958 bits per heavy atom. The molecule has 0 saturated heterocycles. The van der Waals surface area contributed by atoms with Gasteiger partial charge in [0.25, 0.3) is 0 Å². The Bertz CT molecular complexity index is 756. The number of nitrogens with zero attached hydrogens (tertiary/aromatic N) is 1. The number of carbonyl (C=O) groups excluding carboxylic acids is 2. The van der Waals surface area contributed by atoms with E-state index < -0.39 is 11.8 Å². The number of aromatic nitrogens is 1. The minimum atomic E-state index is -0.760. The fraction of sp³-hybridized carbons (Fsp3) is 0.235. The number of hydrogen-bond donors (Lipinski definition) is 3. The fourth-order valence-corrected chi connectivity index (χ4v) is 2.02. The molecule has 0 saturated carbocycles. The molecule has 0 spiro atoms. The van der Waals surface area contributed by atoms with Crippen LogP contribution in [0, 0.1) is 0 Å². The van der Waals surface area contributed by atoms with Gasteiger partial charge in [-0.3, -0.25) is 14.4 Å². The average Bonchev–Trinajstić information content (AvgIpc) is 2.58. The molecular weight excluding hydrogens is 308 g/mol. The Morgan fingerprint density at radius 3 is 2.42 bits per heavy atom. The molecule has 0 aliphatic rings. The second kappa shape index (κ2) is 8.52. The summed E-state index contributed by atoms with van der Waals surface area (Å²) in [5, 5.41) is 8.22. The van der Waals surface area contributed by atoms with E-state index >= 15 is 0 Å². The highest BCUT2D eigenvalue weighted by Crippen LogP contribution is 2.04. The first kappa shape index (κ1) is 17.3. The van der Waals surface area contributed by atoms with Crippen LogP contribution in [0.25, 0.3) is 0 Å². The van der Waals surface area contributed by atoms with Gasteiger partial charge < -0.3 is 20.5 Å². The van der Waals surface area contributed by atoms with Gasteiger partial charge in [0.1, 0.15) is 0 Å². The molecule has 3 N–H and O–H groups in total. The zero-order valence-electron chi connectivity index (χ0n) is 13.4. The number of amides is 2. The summed E-state index contributed by atoms with van der Waals surface area (Å²) >= 11 is 0. The molecule has 126 valence electrons. The van der Waals surface area contributed by atoms with Gasteiger partial charge in [-0.15, -0.1) is 0 Å². The number of pyridine rings is 1. The predicted octanol–water partition coefficient (Wildman–Crippen LogP) is 0.942. The number of benzene rings is 1. The highest BCUT2D eigenvalue weighted by Gasteiger charge is 2.13. The SMILES string of the molecule is Cn1cc(NC(=O)C(=O)NCCCNc2ccccc2)ccc1=O. The smallest absolute Gasteiger partial charge is 0.313 e. The zero-order valence-corrected chi connectivity index (χ0v) is 13.4. The molecule has 24 heavy (non-hydrogen) atoms. The van der Waals surface area contributed by atoms with Gasteiger partial charge in [0, 0.05) is 38.1 Å². The van der Waals surface area contributed by atoms with Crippen molar-refractivity contribution in [1.29, 1.82) is 0 Å². The summed E-state index contributed by atoms with van der Waals surface area (Å²) in [6, 6.07) is 12.5. The van der Waals surface area contributed by atoms with Gasteiger partial charge in [0.2, 0.25) is 5.56 Å². The largest absolute Gasteiger partial charge is 0.385 e. The van der Waals surface area contributed by atoms with Crippen molar-refractivity contribution < 1.29 is 9.59 Å². The Balaban J connectivity index is 1.69. The molecule has 1 aromatic carbocycles. The molecule has 0 atom stereocenters. The van der Waals surface area contributed by atoms with Crippen molar-refractivity contribution in [1.82, 2.24) is 9.88 Å². The lowest BCUT2D eigenvalue weighted by Crippen LogP contribution is -2.36. The van der Waals surface area contributed by atoms with Gasteiger partial charge in [-0.1, -0.05) is 18.2 Å². The first-order valence-corrected chi connectivity index (χ1v) is 7.61. The molecule has 2 rings (SSSR count). The van der Waals surface area contributed by atoms with Crippen molar-refractivity contribution in [2.24, 2.45) is 7.05 Å². The van der Waals surface area contributed by atoms with E-state index in [2.05, 4.69) is 16.0 Å². The zero-order chi connectivity index (χ0) is 17.4. The highest BCUT2D eigenvalue weighted by atomic mass is 16.2. The van der Waals surface area contributed by atoms with Crippen molar-refractivity contribution in [3.8, 4) is 0 Å². The standard InChI is InChI=1S/C17H20N4O3/c1-21-12-14(8-9-15(21)22)20-17(24)16(23)19-11-5-10-18-13-6-3-2-4-7-13/h2-4,6-9,12,18H,5,10-11H2,1H3,(H,19,23)(H,20,24). The van der Waals surface area contributed by atoms with E-state index in [0.717, 1.165) is 5.69 Å². The maximum absolute atomic E-state index is 11.8. The molecule has 0 radical (unpaired) electrons. The second-order valence-electron chi connectivity index (χ2n) is 5.22. The molecular formula is C17H20N4O3. The Hall–Kier alpha value is -3.09. The quantitative estimate of drug-likeness (QED) is 0.544. The van der Waals surface area contributed by atoms with Crippen LogP contribution in [0.15, 0.2) is 53.5 Å². The average molecular weight is 328 g/mol. The Morgan fingerprint density at radius 2 is 1.71 bits per heavy atom. The molecule has 7 nitrogen and oxygen atoms in total. The Labute approximate surface area is 139 Å². The van der Waals surface area contributed by atoms with E-state index in [0.29, 0.717) is 25.2 Å². The van der Waals surface area contributed by atoms with Crippen LogP contribution in [0.4, 0.5) is 11.4 Å². The second-order valence-corrected chi connectivity index (χ2v) is 5.22. The van der Waals surface area contributed by atoms with Crippen molar-refractivity contribution in [2.75, 3.05) is 23.7 Å². The molecule has 0 aliphatic carbocycles. The number of rotatable bonds is 6. The van der Waals surface area contributed by atoms with Crippen LogP contribution in [-0.2, 0) is 16.6 Å². The topological polar surface area (TPSA) is 92.2 Å². The lowest BCUT2D eigenvalue weighted by molar-refractivity contribution is -0.136. The highest BCUT2D eigenvalue weighted by molar-refractivity contribution is 6.39. The van der Waals surface area contributed by atoms with Gasteiger partial charge in [0.05, 0.1) is 5.69 Å². The van der Waals surface area contributed by atoms with E-state index in [1.165, 1.54) is 22.9 Å². The lowest BCUT2D eigenvalue weighted by Gasteiger charge is -2.08. The van der Waals surface area contributed by atoms with E-state index in [-0.39, 0.29) is 5.56 Å². The minimum Gasteiger partial charge on any atom is -0.385 e. The number of carbonyl (C=O) groups is 2. The molecule has 0 fully saturated rings. The van der Waals surface area contributed by atoms with Crippen molar-refractivity contribution >= 4 is 23.2 Å². The molecule has 0 unspecified atom stereocenters. The summed E-state index contributed by atoms with van der Waals surface area (Å²) in [7, 11) is 1.57. The van der Waals surface area contributed by atoms with Crippen LogP contribution < -0.4 is 21.5 Å². The normalized spacial score (nSPS) is 10.0. The molecule has 1 aromatic heterocycles. The Kier molecular flexibility index (Phi) is 6.13. The van der Waals surface area contributed by atoms with Gasteiger partial charge in [0.15, 0.2) is 0 Å². The van der Waals surface area contributed by atoms with Crippen LogP contribution >= 0.6 is 0 Å². The summed E-state index contributed by atoms with van der Waals surface area (Å²) in [4.78, 5) is 34.7. The summed E-state index contributed by atoms with van der Waals surface area (Å²) < 4.78 is 1.32. The van der Waals surface area contributed by atoms with Gasteiger partial charge >= 0.3 is 11.8 Å². The minimum absolute atomic E-state index is 0.191. The molecule has 0 bridgehead atoms. The maximum atomic E-state index is 11.8. The van der Waals surface area contributed by atoms with E-state index in [9.17, 15) is 14.4 Å². The third kappa shape index (κ3) is 5.28. The first-order chi connectivity index (χ1) is 11.6. The monoisotopic (exact) mass is 328 g/mol. The lowest BCUT2D eigenvalue weighted by atomic mass is 10.3. The van der Waals surface area contributed by atoms with Crippen LogP contribution in [0.3, 0.4) is 0 Å². The predicted molar refractivity (Wildman–Crippen MR) is 92.9 cm³/mol. The van der Waals surface area contributed by atoms with E-state index in [4.69, 9.17) is 0 Å².